The molecular weight excluding hydrogens is 243 g/mol. The molecule has 102 valence electrons. The van der Waals surface area contributed by atoms with E-state index in [1.807, 2.05) is 0 Å². The lowest BCUT2D eigenvalue weighted by Crippen LogP contribution is -2.26. The highest BCUT2D eigenvalue weighted by Gasteiger charge is 2.21. The zero-order valence-electron chi connectivity index (χ0n) is 11.1. The van der Waals surface area contributed by atoms with E-state index in [1.165, 1.54) is 42.5 Å². The molecule has 0 aromatic carbocycles. The number of hydrogen-bond acceptors (Lipinski definition) is 3. The van der Waals surface area contributed by atoms with Crippen molar-refractivity contribution in [3.63, 3.8) is 0 Å². The van der Waals surface area contributed by atoms with Crippen LogP contribution in [0.15, 0.2) is 18.3 Å². The minimum atomic E-state index is -0.299. The molecule has 0 bridgehead atoms. The van der Waals surface area contributed by atoms with E-state index in [0.717, 1.165) is 6.42 Å². The molecule has 1 saturated carbocycles. The summed E-state index contributed by atoms with van der Waals surface area (Å²) in [4.78, 5) is 4.39. The van der Waals surface area contributed by atoms with Gasteiger partial charge in [0.2, 0.25) is 5.95 Å². The van der Waals surface area contributed by atoms with E-state index in [0.29, 0.717) is 23.6 Å². The number of pyridine rings is 1. The largest absolute Gasteiger partial charge is 0.350 e. The monoisotopic (exact) mass is 262 g/mol. The highest BCUT2D eigenvalue weighted by atomic mass is 19.1. The summed E-state index contributed by atoms with van der Waals surface area (Å²) in [6.07, 6.45) is 7.63. The number of hydrogen-bond donors (Lipinski definition) is 1. The van der Waals surface area contributed by atoms with Crippen LogP contribution in [0.2, 0.25) is 0 Å². The second kappa shape index (κ2) is 5.15. The normalized spacial score (nSPS) is 24.3. The molecule has 1 fully saturated rings. The van der Waals surface area contributed by atoms with Crippen molar-refractivity contribution in [1.29, 1.82) is 0 Å². The number of rotatable bonds is 2. The van der Waals surface area contributed by atoms with Gasteiger partial charge in [0, 0.05) is 6.04 Å². The Morgan fingerprint density at radius 2 is 2.11 bits per heavy atom. The van der Waals surface area contributed by atoms with Crippen LogP contribution < -0.4 is 5.32 Å². The first-order valence-corrected chi connectivity index (χ1v) is 7.01. The summed E-state index contributed by atoms with van der Waals surface area (Å²) in [7, 11) is 0. The second-order valence-corrected chi connectivity index (χ2v) is 5.45. The number of aromatic nitrogens is 3. The Labute approximate surface area is 112 Å². The lowest BCUT2D eigenvalue weighted by Gasteiger charge is -2.21. The van der Waals surface area contributed by atoms with E-state index in [4.69, 9.17) is 0 Å². The Hall–Kier alpha value is -1.65. The van der Waals surface area contributed by atoms with Crippen molar-refractivity contribution in [1.82, 2.24) is 14.6 Å². The van der Waals surface area contributed by atoms with Gasteiger partial charge in [-0.05, 0) is 30.9 Å². The molecule has 2 heterocycles. The van der Waals surface area contributed by atoms with Gasteiger partial charge in [0.1, 0.15) is 5.82 Å². The summed E-state index contributed by atoms with van der Waals surface area (Å²) in [5.41, 5.74) is 0.671. The molecule has 4 nitrogen and oxygen atoms in total. The van der Waals surface area contributed by atoms with Crippen LogP contribution >= 0.6 is 0 Å². The molecule has 1 aliphatic rings. The molecule has 2 unspecified atom stereocenters. The summed E-state index contributed by atoms with van der Waals surface area (Å²) in [6.45, 7) is 2.28. The quantitative estimate of drug-likeness (QED) is 0.845. The van der Waals surface area contributed by atoms with Gasteiger partial charge in [-0.1, -0.05) is 26.2 Å². The number of halogens is 1. The number of anilines is 1. The van der Waals surface area contributed by atoms with Crippen LogP contribution in [0.5, 0.6) is 0 Å². The van der Waals surface area contributed by atoms with Gasteiger partial charge < -0.3 is 5.32 Å². The predicted molar refractivity (Wildman–Crippen MR) is 72.6 cm³/mol. The zero-order valence-corrected chi connectivity index (χ0v) is 11.1. The van der Waals surface area contributed by atoms with E-state index in [9.17, 15) is 4.39 Å². The van der Waals surface area contributed by atoms with Crippen LogP contribution in [0.1, 0.15) is 39.0 Å². The lowest BCUT2D eigenvalue weighted by molar-refractivity contribution is 0.454. The maximum Gasteiger partial charge on any atom is 0.243 e. The minimum Gasteiger partial charge on any atom is -0.350 e. The van der Waals surface area contributed by atoms with E-state index in [2.05, 4.69) is 22.3 Å². The molecule has 5 heteroatoms. The van der Waals surface area contributed by atoms with Crippen LogP contribution in [0, 0.1) is 11.7 Å². The third-order valence-electron chi connectivity index (χ3n) is 3.97. The van der Waals surface area contributed by atoms with E-state index in [1.54, 1.807) is 6.07 Å². The summed E-state index contributed by atoms with van der Waals surface area (Å²) in [6, 6.07) is 3.47. The number of nitrogens with one attached hydrogen (secondary N) is 1. The Kier molecular flexibility index (Phi) is 3.36. The second-order valence-electron chi connectivity index (χ2n) is 5.45. The van der Waals surface area contributed by atoms with Crippen molar-refractivity contribution in [3.05, 3.63) is 24.1 Å². The fourth-order valence-corrected chi connectivity index (χ4v) is 2.79. The van der Waals surface area contributed by atoms with Gasteiger partial charge in [-0.3, -0.25) is 0 Å². The molecule has 1 aliphatic carbocycles. The van der Waals surface area contributed by atoms with Gasteiger partial charge >= 0.3 is 0 Å². The Morgan fingerprint density at radius 3 is 3.00 bits per heavy atom. The SMILES string of the molecule is CC1CCCCCC1Nc1nc2ccc(F)cn2n1. The first kappa shape index (κ1) is 12.4. The van der Waals surface area contributed by atoms with E-state index in [-0.39, 0.29) is 5.82 Å². The van der Waals surface area contributed by atoms with Crippen LogP contribution in [-0.2, 0) is 0 Å². The molecule has 1 N–H and O–H groups in total. The lowest BCUT2D eigenvalue weighted by atomic mass is 9.97. The fraction of sp³-hybridized carbons (Fsp3) is 0.571. The summed E-state index contributed by atoms with van der Waals surface area (Å²) in [5, 5.41) is 7.70. The van der Waals surface area contributed by atoms with Gasteiger partial charge in [0.25, 0.3) is 0 Å². The molecular formula is C14H19FN4. The average Bonchev–Trinajstić information content (AvgIpc) is 2.66. The maximum absolute atomic E-state index is 13.1. The zero-order chi connectivity index (χ0) is 13.2. The van der Waals surface area contributed by atoms with Crippen LogP contribution in [0.3, 0.4) is 0 Å². The van der Waals surface area contributed by atoms with Gasteiger partial charge in [0.05, 0.1) is 6.20 Å². The van der Waals surface area contributed by atoms with Gasteiger partial charge in [-0.15, -0.1) is 5.10 Å². The first-order valence-electron chi connectivity index (χ1n) is 7.01. The van der Waals surface area contributed by atoms with Gasteiger partial charge in [-0.2, -0.15) is 4.98 Å². The first-order chi connectivity index (χ1) is 9.22. The van der Waals surface area contributed by atoms with E-state index < -0.39 is 0 Å². The Morgan fingerprint density at radius 1 is 1.26 bits per heavy atom. The standard InChI is InChI=1S/C14H19FN4/c1-10-5-3-2-4-6-12(10)16-14-17-13-8-7-11(15)9-19(13)18-14/h7-10,12H,2-6H2,1H3,(H,16,18). The highest BCUT2D eigenvalue weighted by Crippen LogP contribution is 2.25. The number of fused-ring (bicyclic) bond motifs is 1. The highest BCUT2D eigenvalue weighted by molar-refractivity contribution is 5.43. The smallest absolute Gasteiger partial charge is 0.243 e. The van der Waals surface area contributed by atoms with Crippen LogP contribution in [0.4, 0.5) is 10.3 Å². The van der Waals surface area contributed by atoms with Gasteiger partial charge in [0.15, 0.2) is 5.65 Å². The minimum absolute atomic E-state index is 0.299. The van der Waals surface area contributed by atoms with Crippen molar-refractivity contribution >= 4 is 11.6 Å². The summed E-state index contributed by atoms with van der Waals surface area (Å²) in [5.74, 6) is 0.932. The van der Waals surface area contributed by atoms with Crippen molar-refractivity contribution in [2.24, 2.45) is 5.92 Å². The molecule has 0 amide bonds. The van der Waals surface area contributed by atoms with E-state index >= 15 is 0 Å². The average molecular weight is 262 g/mol. The maximum atomic E-state index is 13.1. The fourth-order valence-electron chi connectivity index (χ4n) is 2.79. The molecule has 2 aromatic heterocycles. The molecule has 19 heavy (non-hydrogen) atoms. The van der Waals surface area contributed by atoms with Gasteiger partial charge in [-0.25, -0.2) is 8.91 Å². The molecule has 0 saturated heterocycles. The molecule has 2 atom stereocenters. The molecule has 0 spiro atoms. The van der Waals surface area contributed by atoms with Crippen LogP contribution in [0.25, 0.3) is 5.65 Å². The van der Waals surface area contributed by atoms with Crippen LogP contribution in [-0.4, -0.2) is 20.6 Å². The summed E-state index contributed by atoms with van der Waals surface area (Å²) >= 11 is 0. The Balaban J connectivity index is 1.80. The molecule has 0 radical (unpaired) electrons. The third-order valence-corrected chi connectivity index (χ3v) is 3.97. The van der Waals surface area contributed by atoms with Crippen molar-refractivity contribution < 1.29 is 4.39 Å². The molecule has 0 aliphatic heterocycles. The predicted octanol–water partition coefficient (Wildman–Crippen LogP) is 3.25. The summed E-state index contributed by atoms with van der Waals surface area (Å²) < 4.78 is 14.6. The van der Waals surface area contributed by atoms with Crippen molar-refractivity contribution in [3.8, 4) is 0 Å². The molecule has 3 rings (SSSR count). The Bertz CT molecular complexity index is 566. The number of nitrogens with zero attached hydrogens (tertiary/aromatic N) is 3. The topological polar surface area (TPSA) is 42.2 Å². The molecule has 2 aromatic rings. The third kappa shape index (κ3) is 2.69. The van der Waals surface area contributed by atoms with Crippen molar-refractivity contribution in [2.45, 2.75) is 45.1 Å². The van der Waals surface area contributed by atoms with Crippen molar-refractivity contribution in [2.75, 3.05) is 5.32 Å².